The van der Waals surface area contributed by atoms with Gasteiger partial charge >= 0.3 is 0 Å². The highest BCUT2D eigenvalue weighted by molar-refractivity contribution is 6.20. The molecule has 0 N–H and O–H groups in total. The third-order valence-corrected chi connectivity index (χ3v) is 9.02. The molecule has 0 heteroatoms. The molecule has 0 fully saturated rings. The van der Waals surface area contributed by atoms with Gasteiger partial charge in [-0.05, 0) is 105 Å². The third kappa shape index (κ3) is 3.42. The number of hydrogen-bond donors (Lipinski definition) is 0. The third-order valence-electron chi connectivity index (χ3n) is 9.02. The summed E-state index contributed by atoms with van der Waals surface area (Å²) in [4.78, 5) is 0. The summed E-state index contributed by atoms with van der Waals surface area (Å²) in [5.74, 6) is 0. The Morgan fingerprint density at radius 1 is 0.190 bits per heavy atom. The minimum absolute atomic E-state index is 1.27. The molecular weight excluding hydrogens is 504 g/mol. The van der Waals surface area contributed by atoms with Crippen molar-refractivity contribution in [2.24, 2.45) is 0 Å². The lowest BCUT2D eigenvalue weighted by atomic mass is 9.87. The maximum atomic E-state index is 2.37. The van der Waals surface area contributed by atoms with Crippen LogP contribution in [0.3, 0.4) is 0 Å². The topological polar surface area (TPSA) is 0 Å². The molecule has 0 spiro atoms. The Labute approximate surface area is 244 Å². The van der Waals surface area contributed by atoms with E-state index in [9.17, 15) is 0 Å². The number of rotatable bonds is 2. The Kier molecular flexibility index (Phi) is 5.00. The molecule has 0 radical (unpaired) electrons. The molecule has 0 aliphatic carbocycles. The van der Waals surface area contributed by atoms with Crippen LogP contribution in [0.25, 0.3) is 86.9 Å². The first-order valence-corrected chi connectivity index (χ1v) is 14.6. The highest BCUT2D eigenvalue weighted by Crippen LogP contribution is 2.42. The van der Waals surface area contributed by atoms with Crippen molar-refractivity contribution < 1.29 is 0 Å². The van der Waals surface area contributed by atoms with E-state index in [0.29, 0.717) is 0 Å². The van der Waals surface area contributed by atoms with Crippen molar-refractivity contribution in [2.75, 3.05) is 0 Å². The van der Waals surface area contributed by atoms with Crippen LogP contribution in [-0.4, -0.2) is 0 Å². The van der Waals surface area contributed by atoms with E-state index >= 15 is 0 Å². The second-order valence-corrected chi connectivity index (χ2v) is 11.3. The first-order valence-electron chi connectivity index (χ1n) is 14.6. The molecule has 194 valence electrons. The van der Waals surface area contributed by atoms with Crippen molar-refractivity contribution in [1.29, 1.82) is 0 Å². The van der Waals surface area contributed by atoms with Crippen molar-refractivity contribution in [3.63, 3.8) is 0 Å². The monoisotopic (exact) mass is 530 g/mol. The molecule has 9 aromatic carbocycles. The van der Waals surface area contributed by atoms with Crippen LogP contribution < -0.4 is 0 Å². The van der Waals surface area contributed by atoms with E-state index < -0.39 is 0 Å². The van der Waals surface area contributed by atoms with E-state index in [4.69, 9.17) is 0 Å². The smallest absolute Gasteiger partial charge is 0.00928 e. The van der Waals surface area contributed by atoms with Gasteiger partial charge in [-0.3, -0.25) is 0 Å². The summed E-state index contributed by atoms with van der Waals surface area (Å²) < 4.78 is 0. The zero-order valence-electron chi connectivity index (χ0n) is 23.0. The normalized spacial score (nSPS) is 11.8. The van der Waals surface area contributed by atoms with Crippen molar-refractivity contribution in [1.82, 2.24) is 0 Å². The molecule has 9 rings (SSSR count). The Morgan fingerprint density at radius 2 is 0.643 bits per heavy atom. The molecule has 0 unspecified atom stereocenters. The zero-order chi connectivity index (χ0) is 27.6. The lowest BCUT2D eigenvalue weighted by Gasteiger charge is -2.17. The zero-order valence-corrected chi connectivity index (χ0v) is 23.0. The lowest BCUT2D eigenvalue weighted by Crippen LogP contribution is -1.90. The average molecular weight is 531 g/mol. The fourth-order valence-electron chi connectivity index (χ4n) is 7.06. The van der Waals surface area contributed by atoms with Crippen LogP contribution in [0.5, 0.6) is 0 Å². The SMILES string of the molecule is c1ccc2cc3c(ccc4c(-c5ccc(-c6cc7ccccc7c7ccccc67)c6ccccc56)cccc43)cc2c1. The number of benzene rings is 9. The summed E-state index contributed by atoms with van der Waals surface area (Å²) in [6.07, 6.45) is 0. The van der Waals surface area contributed by atoms with E-state index in [1.165, 1.54) is 86.9 Å². The molecule has 0 aliphatic rings. The van der Waals surface area contributed by atoms with Crippen LogP contribution in [0.2, 0.25) is 0 Å². The van der Waals surface area contributed by atoms with Gasteiger partial charge in [0.05, 0.1) is 0 Å². The van der Waals surface area contributed by atoms with Gasteiger partial charge in [-0.25, -0.2) is 0 Å². The highest BCUT2D eigenvalue weighted by Gasteiger charge is 2.15. The first-order chi connectivity index (χ1) is 20.8. The Morgan fingerprint density at radius 3 is 1.38 bits per heavy atom. The largest absolute Gasteiger partial charge is 0.0616 e. The van der Waals surface area contributed by atoms with Gasteiger partial charge in [0.25, 0.3) is 0 Å². The van der Waals surface area contributed by atoms with Crippen LogP contribution in [0, 0.1) is 0 Å². The van der Waals surface area contributed by atoms with Crippen LogP contribution in [0.15, 0.2) is 158 Å². The predicted molar refractivity (Wildman–Crippen MR) is 182 cm³/mol. The Hall–Kier alpha value is -5.46. The molecule has 9 aromatic rings. The highest BCUT2D eigenvalue weighted by atomic mass is 14.2. The summed E-state index contributed by atoms with van der Waals surface area (Å²) in [5.41, 5.74) is 5.09. The van der Waals surface area contributed by atoms with E-state index in [-0.39, 0.29) is 0 Å². The van der Waals surface area contributed by atoms with Gasteiger partial charge in [-0.1, -0.05) is 140 Å². The molecule has 0 saturated heterocycles. The average Bonchev–Trinajstić information content (AvgIpc) is 3.06. The van der Waals surface area contributed by atoms with Crippen LogP contribution in [-0.2, 0) is 0 Å². The second-order valence-electron chi connectivity index (χ2n) is 11.3. The van der Waals surface area contributed by atoms with Gasteiger partial charge in [-0.15, -0.1) is 0 Å². The lowest BCUT2D eigenvalue weighted by molar-refractivity contribution is 1.67. The van der Waals surface area contributed by atoms with Crippen LogP contribution in [0.4, 0.5) is 0 Å². The quantitative estimate of drug-likeness (QED) is 0.154. The summed E-state index contributed by atoms with van der Waals surface area (Å²) in [6.45, 7) is 0. The van der Waals surface area contributed by atoms with Gasteiger partial charge < -0.3 is 0 Å². The molecule has 42 heavy (non-hydrogen) atoms. The van der Waals surface area contributed by atoms with E-state index in [1.807, 2.05) is 0 Å². The van der Waals surface area contributed by atoms with Crippen LogP contribution in [0.1, 0.15) is 0 Å². The maximum absolute atomic E-state index is 2.37. The summed E-state index contributed by atoms with van der Waals surface area (Å²) in [7, 11) is 0. The Balaban J connectivity index is 1.32. The standard InChI is InChI=1S/C42H26/c1-2-11-28-25-41-30(24-27(28)10-1)20-21-38-35(18-9-19-36(38)41)39-22-23-40(34-16-7-6-15-33(34)39)42-26-29-12-3-4-13-31(29)32-14-5-8-17-37(32)42/h1-26H. The minimum atomic E-state index is 1.27. The van der Waals surface area contributed by atoms with Gasteiger partial charge in [0.1, 0.15) is 0 Å². The molecule has 0 heterocycles. The first kappa shape index (κ1) is 23.3. The molecule has 0 atom stereocenters. The molecule has 0 nitrogen and oxygen atoms in total. The van der Waals surface area contributed by atoms with Gasteiger partial charge in [0, 0.05) is 0 Å². The van der Waals surface area contributed by atoms with Crippen molar-refractivity contribution >= 4 is 64.6 Å². The van der Waals surface area contributed by atoms with Crippen molar-refractivity contribution in [2.45, 2.75) is 0 Å². The molecular formula is C42H26. The minimum Gasteiger partial charge on any atom is -0.0616 e. The fraction of sp³-hybridized carbons (Fsp3) is 0. The number of hydrogen-bond acceptors (Lipinski definition) is 0. The van der Waals surface area contributed by atoms with Gasteiger partial charge in [0.2, 0.25) is 0 Å². The second kappa shape index (κ2) is 9.03. The fourth-order valence-corrected chi connectivity index (χ4v) is 7.06. The number of fused-ring (bicyclic) bond motifs is 8. The van der Waals surface area contributed by atoms with Crippen molar-refractivity contribution in [3.05, 3.63) is 158 Å². The molecule has 0 saturated carbocycles. The predicted octanol–water partition coefficient (Wildman–Crippen LogP) is 11.9. The summed E-state index contributed by atoms with van der Waals surface area (Å²) in [5, 5.41) is 15.4. The molecule has 0 aromatic heterocycles. The van der Waals surface area contributed by atoms with Crippen molar-refractivity contribution in [3.8, 4) is 22.3 Å². The van der Waals surface area contributed by atoms with E-state index in [0.717, 1.165) is 0 Å². The molecule has 0 bridgehead atoms. The summed E-state index contributed by atoms with van der Waals surface area (Å²) in [6, 6.07) is 58.1. The molecule has 0 amide bonds. The van der Waals surface area contributed by atoms with Crippen LogP contribution >= 0.6 is 0 Å². The van der Waals surface area contributed by atoms with E-state index in [1.54, 1.807) is 0 Å². The summed E-state index contributed by atoms with van der Waals surface area (Å²) >= 11 is 0. The van der Waals surface area contributed by atoms with Gasteiger partial charge in [-0.2, -0.15) is 0 Å². The Bertz CT molecular complexity index is 2510. The molecule has 0 aliphatic heterocycles. The van der Waals surface area contributed by atoms with E-state index in [2.05, 4.69) is 158 Å². The maximum Gasteiger partial charge on any atom is -0.00928 e. The van der Waals surface area contributed by atoms with Gasteiger partial charge in [0.15, 0.2) is 0 Å².